The number of sulfonamides is 1. The quantitative estimate of drug-likeness (QED) is 0.534. The van der Waals surface area contributed by atoms with Gasteiger partial charge in [0.05, 0.1) is 4.90 Å². The zero-order chi connectivity index (χ0) is 22.4. The highest BCUT2D eigenvalue weighted by atomic mass is 32.2. The van der Waals surface area contributed by atoms with E-state index >= 15 is 0 Å². The number of benzene rings is 3. The third-order valence-corrected chi connectivity index (χ3v) is 6.55. The molecule has 0 heterocycles. The lowest BCUT2D eigenvalue weighted by Gasteiger charge is -2.18. The highest BCUT2D eigenvalue weighted by Gasteiger charge is 2.21. The van der Waals surface area contributed by atoms with Crippen molar-refractivity contribution in [1.29, 1.82) is 0 Å². The summed E-state index contributed by atoms with van der Waals surface area (Å²) in [5, 5.41) is 0. The van der Waals surface area contributed by atoms with Gasteiger partial charge >= 0.3 is 0 Å². The summed E-state index contributed by atoms with van der Waals surface area (Å²) in [6, 6.07) is 20.8. The summed E-state index contributed by atoms with van der Waals surface area (Å²) in [5.74, 6) is -0.346. The zero-order valence-corrected chi connectivity index (χ0v) is 18.0. The largest absolute Gasteiger partial charge is 0.484 e. The van der Waals surface area contributed by atoms with E-state index in [-0.39, 0.29) is 29.8 Å². The van der Waals surface area contributed by atoms with Crippen LogP contribution in [0.2, 0.25) is 0 Å². The SMILES string of the molecule is CN(C(=O)COc1ccc(S(=O)(=O)N(C)Cc2ccccc2)cc1)c1ccc(F)cc1. The van der Waals surface area contributed by atoms with Crippen LogP contribution in [-0.4, -0.2) is 39.3 Å². The van der Waals surface area contributed by atoms with E-state index in [0.717, 1.165) is 5.56 Å². The van der Waals surface area contributed by atoms with E-state index < -0.39 is 10.0 Å². The van der Waals surface area contributed by atoms with Crippen molar-refractivity contribution in [2.45, 2.75) is 11.4 Å². The number of amides is 1. The molecule has 3 aromatic rings. The minimum absolute atomic E-state index is 0.132. The minimum atomic E-state index is -3.67. The molecule has 3 rings (SSSR count). The van der Waals surface area contributed by atoms with Crippen LogP contribution in [0.5, 0.6) is 5.75 Å². The number of hydrogen-bond acceptors (Lipinski definition) is 4. The van der Waals surface area contributed by atoms with Crippen LogP contribution in [-0.2, 0) is 21.4 Å². The maximum atomic E-state index is 13.0. The van der Waals surface area contributed by atoms with Crippen LogP contribution in [0.1, 0.15) is 5.56 Å². The maximum Gasteiger partial charge on any atom is 0.264 e. The lowest BCUT2D eigenvalue weighted by Crippen LogP contribution is -2.31. The number of rotatable bonds is 8. The molecule has 0 bridgehead atoms. The van der Waals surface area contributed by atoms with Crippen molar-refractivity contribution in [3.8, 4) is 5.75 Å². The van der Waals surface area contributed by atoms with E-state index in [9.17, 15) is 17.6 Å². The van der Waals surface area contributed by atoms with Crippen LogP contribution in [0.4, 0.5) is 10.1 Å². The van der Waals surface area contributed by atoms with E-state index in [2.05, 4.69) is 0 Å². The second-order valence-electron chi connectivity index (χ2n) is 6.94. The Morgan fingerprint density at radius 2 is 1.52 bits per heavy atom. The van der Waals surface area contributed by atoms with Crippen LogP contribution in [0.25, 0.3) is 0 Å². The molecule has 8 heteroatoms. The van der Waals surface area contributed by atoms with Gasteiger partial charge in [-0.2, -0.15) is 4.31 Å². The van der Waals surface area contributed by atoms with Crippen molar-refractivity contribution in [2.75, 3.05) is 25.6 Å². The van der Waals surface area contributed by atoms with Gasteiger partial charge in [-0.25, -0.2) is 12.8 Å². The van der Waals surface area contributed by atoms with Gasteiger partial charge < -0.3 is 9.64 Å². The Morgan fingerprint density at radius 1 is 0.903 bits per heavy atom. The smallest absolute Gasteiger partial charge is 0.264 e. The monoisotopic (exact) mass is 442 g/mol. The lowest BCUT2D eigenvalue weighted by atomic mass is 10.2. The number of anilines is 1. The van der Waals surface area contributed by atoms with Crippen LogP contribution >= 0.6 is 0 Å². The summed E-state index contributed by atoms with van der Waals surface area (Å²) in [5.41, 5.74) is 1.43. The molecular weight excluding hydrogens is 419 g/mol. The topological polar surface area (TPSA) is 66.9 Å². The van der Waals surface area contributed by atoms with Crippen LogP contribution in [0.3, 0.4) is 0 Å². The molecule has 162 valence electrons. The summed E-state index contributed by atoms with van der Waals surface area (Å²) < 4.78 is 45.3. The zero-order valence-electron chi connectivity index (χ0n) is 17.2. The van der Waals surface area contributed by atoms with Crippen molar-refractivity contribution in [3.05, 3.63) is 90.2 Å². The molecule has 31 heavy (non-hydrogen) atoms. The number of halogens is 1. The first-order valence-corrected chi connectivity index (χ1v) is 11.0. The van der Waals surface area contributed by atoms with E-state index in [1.807, 2.05) is 30.3 Å². The predicted octanol–water partition coefficient (Wildman–Crippen LogP) is 3.69. The van der Waals surface area contributed by atoms with Gasteiger partial charge in [0.25, 0.3) is 5.91 Å². The second-order valence-corrected chi connectivity index (χ2v) is 8.98. The molecule has 0 aliphatic carbocycles. The fraction of sp³-hybridized carbons (Fsp3) is 0.174. The third-order valence-electron chi connectivity index (χ3n) is 4.73. The molecular formula is C23H23FN2O4S. The summed E-state index contributed by atoms with van der Waals surface area (Å²) in [6.07, 6.45) is 0. The molecule has 0 aliphatic heterocycles. The molecule has 0 unspecified atom stereocenters. The number of nitrogens with zero attached hydrogens (tertiary/aromatic N) is 2. The average Bonchev–Trinajstić information content (AvgIpc) is 2.78. The Labute approximate surface area is 181 Å². The normalized spacial score (nSPS) is 11.4. The molecule has 0 spiro atoms. The summed E-state index contributed by atoms with van der Waals surface area (Å²) >= 11 is 0. The van der Waals surface area contributed by atoms with Gasteiger partial charge in [-0.15, -0.1) is 0 Å². The van der Waals surface area contributed by atoms with E-state index in [1.165, 1.54) is 64.8 Å². The van der Waals surface area contributed by atoms with Crippen molar-refractivity contribution in [1.82, 2.24) is 4.31 Å². The van der Waals surface area contributed by atoms with Crippen LogP contribution in [0.15, 0.2) is 83.8 Å². The van der Waals surface area contributed by atoms with Gasteiger partial charge in [-0.3, -0.25) is 4.79 Å². The second kappa shape index (κ2) is 9.72. The third kappa shape index (κ3) is 5.68. The molecule has 0 atom stereocenters. The van der Waals surface area contributed by atoms with Crippen LogP contribution in [0, 0.1) is 5.82 Å². The first-order valence-electron chi connectivity index (χ1n) is 9.52. The van der Waals surface area contributed by atoms with Gasteiger partial charge in [-0.05, 0) is 54.1 Å². The Hall–Kier alpha value is -3.23. The number of ether oxygens (including phenoxy) is 1. The fourth-order valence-electron chi connectivity index (χ4n) is 2.86. The Bertz CT molecular complexity index is 1120. The molecule has 1 amide bonds. The average molecular weight is 443 g/mol. The molecule has 6 nitrogen and oxygen atoms in total. The van der Waals surface area contributed by atoms with Gasteiger partial charge in [0.1, 0.15) is 11.6 Å². The van der Waals surface area contributed by atoms with Crippen molar-refractivity contribution in [3.63, 3.8) is 0 Å². The maximum absolute atomic E-state index is 13.0. The molecule has 0 saturated heterocycles. The fourth-order valence-corrected chi connectivity index (χ4v) is 4.02. The summed E-state index contributed by atoms with van der Waals surface area (Å²) in [6.45, 7) is 0.0134. The first-order chi connectivity index (χ1) is 14.8. The molecule has 0 fully saturated rings. The molecule has 0 radical (unpaired) electrons. The lowest BCUT2D eigenvalue weighted by molar-refractivity contribution is -0.120. The molecule has 3 aromatic carbocycles. The minimum Gasteiger partial charge on any atom is -0.484 e. The number of likely N-dealkylation sites (N-methyl/N-ethyl adjacent to an activating group) is 1. The molecule has 0 N–H and O–H groups in total. The van der Waals surface area contributed by atoms with Gasteiger partial charge in [0, 0.05) is 26.3 Å². The first kappa shape index (κ1) is 22.5. The van der Waals surface area contributed by atoms with E-state index in [0.29, 0.717) is 11.4 Å². The highest BCUT2D eigenvalue weighted by molar-refractivity contribution is 7.89. The highest BCUT2D eigenvalue weighted by Crippen LogP contribution is 2.21. The molecule has 0 saturated carbocycles. The Morgan fingerprint density at radius 3 is 2.13 bits per heavy atom. The molecule has 0 aromatic heterocycles. The van der Waals surface area contributed by atoms with Crippen molar-refractivity contribution >= 4 is 21.6 Å². The van der Waals surface area contributed by atoms with Crippen molar-refractivity contribution < 1.29 is 22.3 Å². The number of hydrogen-bond donors (Lipinski definition) is 0. The standard InChI is InChI=1S/C23H23FN2O4S/c1-25(16-18-6-4-3-5-7-18)31(28,29)22-14-12-21(13-15-22)30-17-23(27)26(2)20-10-8-19(24)9-11-20/h3-15H,16-17H2,1-2H3. The summed E-state index contributed by atoms with van der Waals surface area (Å²) in [4.78, 5) is 13.8. The Balaban J connectivity index is 1.60. The van der Waals surface area contributed by atoms with Crippen LogP contribution < -0.4 is 9.64 Å². The summed E-state index contributed by atoms with van der Waals surface area (Å²) in [7, 11) is -0.575. The number of carbonyl (C=O) groups excluding carboxylic acids is 1. The number of carbonyl (C=O) groups is 1. The molecule has 0 aliphatic rings. The van der Waals surface area contributed by atoms with Gasteiger partial charge in [0.15, 0.2) is 6.61 Å². The van der Waals surface area contributed by atoms with Crippen molar-refractivity contribution in [2.24, 2.45) is 0 Å². The van der Waals surface area contributed by atoms with E-state index in [4.69, 9.17) is 4.74 Å². The van der Waals surface area contributed by atoms with Gasteiger partial charge in [0.2, 0.25) is 10.0 Å². The predicted molar refractivity (Wildman–Crippen MR) is 117 cm³/mol. The van der Waals surface area contributed by atoms with E-state index in [1.54, 1.807) is 7.05 Å². The Kier molecular flexibility index (Phi) is 7.04. The van der Waals surface area contributed by atoms with Gasteiger partial charge in [-0.1, -0.05) is 30.3 Å².